The molecule has 0 radical (unpaired) electrons. The summed E-state index contributed by atoms with van der Waals surface area (Å²) in [4.78, 5) is 22.6. The Morgan fingerprint density at radius 2 is 1.76 bits per heavy atom. The quantitative estimate of drug-likeness (QED) is 0.761. The number of ketones is 1. The summed E-state index contributed by atoms with van der Waals surface area (Å²) in [7, 11) is 0. The molecule has 1 aromatic rings. The zero-order chi connectivity index (χ0) is 15.7. The number of amides is 1. The maximum Gasteiger partial charge on any atom is 0.258 e. The van der Waals surface area contributed by atoms with Crippen LogP contribution in [0.15, 0.2) is 24.3 Å². The molecule has 0 bridgehead atoms. The lowest BCUT2D eigenvalue weighted by molar-refractivity contribution is -0.123. The molecule has 21 heavy (non-hydrogen) atoms. The number of rotatable bonds is 9. The van der Waals surface area contributed by atoms with Gasteiger partial charge in [0.1, 0.15) is 11.5 Å². The van der Waals surface area contributed by atoms with Gasteiger partial charge in [0.15, 0.2) is 6.61 Å². The number of nitrogens with one attached hydrogen (secondary N) is 1. The van der Waals surface area contributed by atoms with Gasteiger partial charge < -0.3 is 14.8 Å². The van der Waals surface area contributed by atoms with Crippen molar-refractivity contribution >= 4 is 11.7 Å². The molecular weight excluding hydrogens is 266 g/mol. The van der Waals surface area contributed by atoms with Crippen LogP contribution in [-0.2, 0) is 16.0 Å². The maximum absolute atomic E-state index is 11.7. The van der Waals surface area contributed by atoms with Gasteiger partial charge in [0.2, 0.25) is 0 Å². The van der Waals surface area contributed by atoms with Crippen molar-refractivity contribution in [2.75, 3.05) is 6.61 Å². The van der Waals surface area contributed by atoms with Crippen LogP contribution in [0.4, 0.5) is 0 Å². The SMILES string of the molecule is CCC(CC)NC(=O)COc1ccc(CCC(C)=O)cc1. The third-order valence-electron chi connectivity index (χ3n) is 3.41. The Hall–Kier alpha value is -1.84. The van der Waals surface area contributed by atoms with E-state index in [-0.39, 0.29) is 24.3 Å². The van der Waals surface area contributed by atoms with Gasteiger partial charge in [-0.2, -0.15) is 0 Å². The van der Waals surface area contributed by atoms with E-state index in [4.69, 9.17) is 4.74 Å². The summed E-state index contributed by atoms with van der Waals surface area (Å²) in [5.41, 5.74) is 1.10. The van der Waals surface area contributed by atoms with Gasteiger partial charge in [-0.15, -0.1) is 0 Å². The molecule has 0 saturated heterocycles. The van der Waals surface area contributed by atoms with Gasteiger partial charge in [0.25, 0.3) is 5.91 Å². The minimum absolute atomic E-state index is 0.0310. The molecular formula is C17H25NO3. The first-order chi connectivity index (χ1) is 10.0. The van der Waals surface area contributed by atoms with E-state index in [0.29, 0.717) is 12.2 Å². The minimum atomic E-state index is -0.0932. The molecule has 0 spiro atoms. The molecule has 4 heteroatoms. The van der Waals surface area contributed by atoms with Crippen LogP contribution in [0, 0.1) is 0 Å². The van der Waals surface area contributed by atoms with Crippen LogP contribution in [0.25, 0.3) is 0 Å². The number of carbonyl (C=O) groups excluding carboxylic acids is 2. The van der Waals surface area contributed by atoms with E-state index in [1.165, 1.54) is 0 Å². The van der Waals surface area contributed by atoms with Crippen LogP contribution < -0.4 is 10.1 Å². The fourth-order valence-electron chi connectivity index (χ4n) is 1.98. The molecule has 1 aromatic carbocycles. The molecule has 0 heterocycles. The van der Waals surface area contributed by atoms with Gasteiger partial charge in [-0.1, -0.05) is 26.0 Å². The van der Waals surface area contributed by atoms with Gasteiger partial charge in [-0.3, -0.25) is 4.79 Å². The fourth-order valence-corrected chi connectivity index (χ4v) is 1.98. The van der Waals surface area contributed by atoms with E-state index < -0.39 is 0 Å². The molecule has 0 aliphatic carbocycles. The van der Waals surface area contributed by atoms with Crippen molar-refractivity contribution in [2.24, 2.45) is 0 Å². The molecule has 4 nitrogen and oxygen atoms in total. The lowest BCUT2D eigenvalue weighted by Gasteiger charge is -2.15. The molecule has 0 aliphatic heterocycles. The highest BCUT2D eigenvalue weighted by Gasteiger charge is 2.08. The number of Topliss-reactive ketones (excluding diaryl/α,β-unsaturated/α-hetero) is 1. The number of hydrogen-bond acceptors (Lipinski definition) is 3. The van der Waals surface area contributed by atoms with Gasteiger partial charge in [0, 0.05) is 12.5 Å². The average molecular weight is 291 g/mol. The van der Waals surface area contributed by atoms with Crippen molar-refractivity contribution in [1.82, 2.24) is 5.32 Å². The molecule has 1 amide bonds. The van der Waals surface area contributed by atoms with E-state index in [1.54, 1.807) is 6.92 Å². The van der Waals surface area contributed by atoms with E-state index in [2.05, 4.69) is 19.2 Å². The largest absolute Gasteiger partial charge is 0.484 e. The van der Waals surface area contributed by atoms with Crippen molar-refractivity contribution in [3.8, 4) is 5.75 Å². The Bertz CT molecular complexity index is 450. The second-order valence-corrected chi connectivity index (χ2v) is 5.22. The van der Waals surface area contributed by atoms with Gasteiger partial charge >= 0.3 is 0 Å². The molecule has 0 atom stereocenters. The summed E-state index contributed by atoms with van der Waals surface area (Å²) < 4.78 is 5.46. The summed E-state index contributed by atoms with van der Waals surface area (Å²) in [6, 6.07) is 7.74. The van der Waals surface area contributed by atoms with Crippen molar-refractivity contribution in [1.29, 1.82) is 0 Å². The van der Waals surface area contributed by atoms with Crippen molar-refractivity contribution in [3.05, 3.63) is 29.8 Å². The van der Waals surface area contributed by atoms with E-state index in [1.807, 2.05) is 24.3 Å². The van der Waals surface area contributed by atoms with E-state index in [0.717, 1.165) is 24.8 Å². The Morgan fingerprint density at radius 3 is 2.29 bits per heavy atom. The summed E-state index contributed by atoms with van der Waals surface area (Å²) >= 11 is 0. The lowest BCUT2D eigenvalue weighted by atomic mass is 10.1. The smallest absolute Gasteiger partial charge is 0.258 e. The summed E-state index contributed by atoms with van der Waals surface area (Å²) in [6.07, 6.45) is 3.14. The van der Waals surface area contributed by atoms with Crippen molar-refractivity contribution in [2.45, 2.75) is 52.5 Å². The molecule has 0 fully saturated rings. The summed E-state index contributed by atoms with van der Waals surface area (Å²) in [5, 5.41) is 2.93. The van der Waals surface area contributed by atoms with Crippen LogP contribution in [0.2, 0.25) is 0 Å². The zero-order valence-corrected chi connectivity index (χ0v) is 13.1. The standard InChI is InChI=1S/C17H25NO3/c1-4-15(5-2)18-17(20)12-21-16-10-8-14(9-11-16)7-6-13(3)19/h8-11,15H,4-7,12H2,1-3H3,(H,18,20). The first-order valence-corrected chi connectivity index (χ1v) is 7.55. The van der Waals surface area contributed by atoms with E-state index >= 15 is 0 Å². The molecule has 0 aromatic heterocycles. The van der Waals surface area contributed by atoms with Crippen LogP contribution in [-0.4, -0.2) is 24.3 Å². The van der Waals surface area contributed by atoms with Gasteiger partial charge in [-0.25, -0.2) is 0 Å². The van der Waals surface area contributed by atoms with Crippen LogP contribution in [0.1, 0.15) is 45.6 Å². The molecule has 0 aliphatic rings. The van der Waals surface area contributed by atoms with Crippen LogP contribution in [0.5, 0.6) is 5.75 Å². The van der Waals surface area contributed by atoms with Gasteiger partial charge in [-0.05, 0) is 43.9 Å². The summed E-state index contributed by atoms with van der Waals surface area (Å²) in [5.74, 6) is 0.763. The molecule has 1 rings (SSSR count). The highest BCUT2D eigenvalue weighted by atomic mass is 16.5. The molecule has 116 valence electrons. The Kier molecular flexibility index (Phi) is 7.51. The predicted octanol–water partition coefficient (Wildman–Crippen LogP) is 2.89. The van der Waals surface area contributed by atoms with Crippen molar-refractivity contribution < 1.29 is 14.3 Å². The monoisotopic (exact) mass is 291 g/mol. The maximum atomic E-state index is 11.7. The third kappa shape index (κ3) is 6.93. The molecule has 0 saturated carbocycles. The first-order valence-electron chi connectivity index (χ1n) is 7.55. The molecule has 1 N–H and O–H groups in total. The zero-order valence-electron chi connectivity index (χ0n) is 13.1. The van der Waals surface area contributed by atoms with Crippen molar-refractivity contribution in [3.63, 3.8) is 0 Å². The van der Waals surface area contributed by atoms with Crippen LogP contribution >= 0.6 is 0 Å². The highest BCUT2D eigenvalue weighted by molar-refractivity contribution is 5.77. The topological polar surface area (TPSA) is 55.4 Å². The second-order valence-electron chi connectivity index (χ2n) is 5.22. The third-order valence-corrected chi connectivity index (χ3v) is 3.41. The fraction of sp³-hybridized carbons (Fsp3) is 0.529. The first kappa shape index (κ1) is 17.2. The second kappa shape index (κ2) is 9.16. The van der Waals surface area contributed by atoms with E-state index in [9.17, 15) is 9.59 Å². The number of carbonyl (C=O) groups is 2. The normalized spacial score (nSPS) is 10.5. The molecule has 0 unspecified atom stereocenters. The average Bonchev–Trinajstić information content (AvgIpc) is 2.49. The number of benzene rings is 1. The number of hydrogen-bond donors (Lipinski definition) is 1. The highest BCUT2D eigenvalue weighted by Crippen LogP contribution is 2.13. The Labute approximate surface area is 126 Å². The minimum Gasteiger partial charge on any atom is -0.484 e. The lowest BCUT2D eigenvalue weighted by Crippen LogP contribution is -2.37. The number of ether oxygens (including phenoxy) is 1. The van der Waals surface area contributed by atoms with Gasteiger partial charge in [0.05, 0.1) is 0 Å². The van der Waals surface area contributed by atoms with Crippen LogP contribution in [0.3, 0.4) is 0 Å². The predicted molar refractivity (Wildman–Crippen MR) is 83.5 cm³/mol. The number of aryl methyl sites for hydroxylation is 1. The Morgan fingerprint density at radius 1 is 1.14 bits per heavy atom. The summed E-state index contributed by atoms with van der Waals surface area (Å²) in [6.45, 7) is 5.73. The Balaban J connectivity index is 2.38.